The molecule has 122 valence electrons. The zero-order valence-corrected chi connectivity index (χ0v) is 12.7. The van der Waals surface area contributed by atoms with Gasteiger partial charge in [0.25, 0.3) is 5.91 Å². The number of hydrogen-bond acceptors (Lipinski definition) is 3. The van der Waals surface area contributed by atoms with E-state index in [0.717, 1.165) is 5.56 Å². The number of β-lactam (4-membered cyclic amide) rings is 1. The van der Waals surface area contributed by atoms with Gasteiger partial charge in [0.05, 0.1) is 6.42 Å². The van der Waals surface area contributed by atoms with Crippen LogP contribution in [0.15, 0.2) is 41.6 Å². The van der Waals surface area contributed by atoms with Crippen molar-refractivity contribution < 1.29 is 23.9 Å². The molecule has 2 unspecified atom stereocenters. The van der Waals surface area contributed by atoms with E-state index < -0.39 is 35.8 Å². The molecule has 0 bridgehead atoms. The number of likely N-dealkylation sites (tertiary alicyclic amines) is 1. The monoisotopic (exact) mass is 320 g/mol. The average molecular weight is 320 g/mol. The van der Waals surface area contributed by atoms with E-state index in [1.807, 2.05) is 0 Å². The second-order valence-electron chi connectivity index (χ2n) is 5.44. The van der Waals surface area contributed by atoms with Gasteiger partial charge in [-0.15, -0.1) is 0 Å². The lowest BCUT2D eigenvalue weighted by Crippen LogP contribution is -2.69. The summed E-state index contributed by atoms with van der Waals surface area (Å²) in [6, 6.07) is 7.48. The van der Waals surface area contributed by atoms with Crippen LogP contribution in [0.2, 0.25) is 0 Å². The Kier molecular flexibility index (Phi) is 4.78. The summed E-state index contributed by atoms with van der Waals surface area (Å²) in [6.07, 6.45) is -1.87. The van der Waals surface area contributed by atoms with Crippen LogP contribution in [0.4, 0.5) is 4.39 Å². The molecule has 1 aromatic carbocycles. The van der Waals surface area contributed by atoms with Crippen molar-refractivity contribution in [2.75, 3.05) is 0 Å². The number of nitrogens with zero attached hydrogens (tertiary/aromatic N) is 1. The molecule has 0 radical (unpaired) electrons. The number of amides is 2. The number of allylic oxidation sites excluding steroid dienone is 1. The zero-order valence-electron chi connectivity index (χ0n) is 12.7. The number of alkyl halides is 1. The third-order valence-corrected chi connectivity index (χ3v) is 3.47. The Labute approximate surface area is 132 Å². The molecule has 1 heterocycles. The molecule has 6 nitrogen and oxygen atoms in total. The van der Waals surface area contributed by atoms with E-state index in [9.17, 15) is 18.8 Å². The minimum Gasteiger partial charge on any atom is -0.477 e. The van der Waals surface area contributed by atoms with Crippen LogP contribution in [0.1, 0.15) is 19.4 Å². The first kappa shape index (κ1) is 16.7. The molecule has 1 saturated heterocycles. The molecular weight excluding hydrogens is 303 g/mol. The van der Waals surface area contributed by atoms with Crippen molar-refractivity contribution >= 4 is 17.8 Å². The largest absolute Gasteiger partial charge is 0.477 e. The van der Waals surface area contributed by atoms with Crippen molar-refractivity contribution in [2.45, 2.75) is 32.6 Å². The van der Waals surface area contributed by atoms with Crippen molar-refractivity contribution in [1.82, 2.24) is 10.2 Å². The molecule has 1 fully saturated rings. The summed E-state index contributed by atoms with van der Waals surface area (Å²) in [5, 5.41) is 11.4. The summed E-state index contributed by atoms with van der Waals surface area (Å²) in [6.45, 7) is 2.95. The van der Waals surface area contributed by atoms with E-state index in [4.69, 9.17) is 5.11 Å². The standard InChI is InChI=1S/C16H17FN2O4/c1-9(2)13(16(22)23)19-14(17)12(15(19)21)18-11(20)8-10-6-4-3-5-7-10/h3-7,12,14H,8H2,1-2H3,(H,18,20)(H,22,23). The summed E-state index contributed by atoms with van der Waals surface area (Å²) in [5.41, 5.74) is 0.651. The van der Waals surface area contributed by atoms with Gasteiger partial charge in [-0.1, -0.05) is 30.3 Å². The fourth-order valence-corrected chi connectivity index (χ4v) is 2.38. The predicted octanol–water partition coefficient (Wildman–Crippen LogP) is 1.23. The fraction of sp³-hybridized carbons (Fsp3) is 0.312. The molecule has 2 rings (SSSR count). The topological polar surface area (TPSA) is 86.7 Å². The second kappa shape index (κ2) is 6.60. The molecule has 23 heavy (non-hydrogen) atoms. The van der Waals surface area contributed by atoms with Gasteiger partial charge in [0.15, 0.2) is 6.04 Å². The Morgan fingerprint density at radius 3 is 2.35 bits per heavy atom. The smallest absolute Gasteiger partial charge is 0.352 e. The fourth-order valence-electron chi connectivity index (χ4n) is 2.38. The molecule has 2 amide bonds. The van der Waals surface area contributed by atoms with Crippen LogP contribution in [-0.4, -0.2) is 40.1 Å². The van der Waals surface area contributed by atoms with Gasteiger partial charge in [-0.2, -0.15) is 0 Å². The number of carbonyl (C=O) groups is 3. The van der Waals surface area contributed by atoms with Gasteiger partial charge in [0.1, 0.15) is 5.70 Å². The van der Waals surface area contributed by atoms with Gasteiger partial charge in [-0.3, -0.25) is 14.5 Å². The van der Waals surface area contributed by atoms with E-state index in [1.165, 1.54) is 13.8 Å². The number of nitrogens with one attached hydrogen (secondary N) is 1. The third-order valence-electron chi connectivity index (χ3n) is 3.47. The molecule has 1 aliphatic rings. The summed E-state index contributed by atoms with van der Waals surface area (Å²) in [5.74, 6) is -2.64. The van der Waals surface area contributed by atoms with Crippen molar-refractivity contribution in [3.05, 3.63) is 47.2 Å². The highest BCUT2D eigenvalue weighted by Gasteiger charge is 2.52. The summed E-state index contributed by atoms with van der Waals surface area (Å²) in [4.78, 5) is 35.5. The lowest BCUT2D eigenvalue weighted by atomic mass is 10.0. The van der Waals surface area contributed by atoms with E-state index in [1.54, 1.807) is 30.3 Å². The molecule has 0 saturated carbocycles. The van der Waals surface area contributed by atoms with E-state index in [0.29, 0.717) is 10.5 Å². The highest BCUT2D eigenvalue weighted by Crippen LogP contribution is 2.28. The SMILES string of the molecule is CC(C)=C(C(=O)O)N1C(=O)C(NC(=O)Cc2ccccc2)C1F. The van der Waals surface area contributed by atoms with Crippen LogP contribution < -0.4 is 5.32 Å². The van der Waals surface area contributed by atoms with Gasteiger partial charge >= 0.3 is 5.97 Å². The van der Waals surface area contributed by atoms with Crippen LogP contribution in [-0.2, 0) is 20.8 Å². The number of aliphatic carboxylic acids is 1. The first-order valence-corrected chi connectivity index (χ1v) is 7.04. The number of carboxylic acids is 1. The lowest BCUT2D eigenvalue weighted by molar-refractivity contribution is -0.163. The average Bonchev–Trinajstić information content (AvgIpc) is 2.50. The molecule has 0 aliphatic carbocycles. The quantitative estimate of drug-likeness (QED) is 0.485. The molecular formula is C16H17FN2O4. The Balaban J connectivity index is 2.02. The minimum atomic E-state index is -1.89. The molecule has 0 spiro atoms. The number of halogens is 1. The van der Waals surface area contributed by atoms with Gasteiger partial charge in [-0.25, -0.2) is 9.18 Å². The zero-order chi connectivity index (χ0) is 17.1. The highest BCUT2D eigenvalue weighted by molar-refractivity contribution is 6.00. The third kappa shape index (κ3) is 3.39. The van der Waals surface area contributed by atoms with Gasteiger partial charge < -0.3 is 10.4 Å². The second-order valence-corrected chi connectivity index (χ2v) is 5.44. The number of carboxylic acid groups (broad SMARTS) is 1. The van der Waals surface area contributed by atoms with Crippen molar-refractivity contribution in [2.24, 2.45) is 0 Å². The molecule has 1 aliphatic heterocycles. The number of carbonyl (C=O) groups excluding carboxylic acids is 2. The van der Waals surface area contributed by atoms with Crippen molar-refractivity contribution in [3.63, 3.8) is 0 Å². The Morgan fingerprint density at radius 1 is 1.26 bits per heavy atom. The maximum Gasteiger partial charge on any atom is 0.352 e. The normalized spacial score (nSPS) is 19.8. The van der Waals surface area contributed by atoms with Crippen LogP contribution in [0.25, 0.3) is 0 Å². The molecule has 1 aromatic rings. The van der Waals surface area contributed by atoms with Gasteiger partial charge in [0.2, 0.25) is 12.2 Å². The van der Waals surface area contributed by atoms with Gasteiger partial charge in [-0.05, 0) is 25.0 Å². The molecule has 0 aromatic heterocycles. The van der Waals surface area contributed by atoms with Gasteiger partial charge in [0, 0.05) is 0 Å². The van der Waals surface area contributed by atoms with Crippen LogP contribution >= 0.6 is 0 Å². The molecule has 2 atom stereocenters. The number of rotatable bonds is 5. The summed E-state index contributed by atoms with van der Waals surface area (Å²) in [7, 11) is 0. The number of benzene rings is 1. The van der Waals surface area contributed by atoms with Crippen molar-refractivity contribution in [3.8, 4) is 0 Å². The first-order chi connectivity index (χ1) is 10.8. The molecule has 2 N–H and O–H groups in total. The van der Waals surface area contributed by atoms with E-state index in [-0.39, 0.29) is 6.42 Å². The predicted molar refractivity (Wildman–Crippen MR) is 79.8 cm³/mol. The first-order valence-electron chi connectivity index (χ1n) is 7.04. The molecule has 7 heteroatoms. The van der Waals surface area contributed by atoms with E-state index >= 15 is 0 Å². The Morgan fingerprint density at radius 2 is 1.87 bits per heavy atom. The van der Waals surface area contributed by atoms with E-state index in [2.05, 4.69) is 5.32 Å². The maximum atomic E-state index is 14.2. The van der Waals surface area contributed by atoms with Crippen molar-refractivity contribution in [1.29, 1.82) is 0 Å². The Hall–Kier alpha value is -2.70. The Bertz CT molecular complexity index is 668. The highest BCUT2D eigenvalue weighted by atomic mass is 19.1. The summed E-state index contributed by atoms with van der Waals surface area (Å²) < 4.78 is 14.2. The minimum absolute atomic E-state index is 0.0196. The van der Waals surface area contributed by atoms with Crippen LogP contribution in [0.5, 0.6) is 0 Å². The van der Waals surface area contributed by atoms with Crippen LogP contribution in [0.3, 0.4) is 0 Å². The summed E-state index contributed by atoms with van der Waals surface area (Å²) >= 11 is 0. The lowest BCUT2D eigenvalue weighted by Gasteiger charge is -2.42. The maximum absolute atomic E-state index is 14.2. The number of hydrogen-bond donors (Lipinski definition) is 2. The van der Waals surface area contributed by atoms with Crippen LogP contribution in [0, 0.1) is 0 Å².